The van der Waals surface area contributed by atoms with Crippen molar-refractivity contribution in [1.82, 2.24) is 4.98 Å². The largest absolute Gasteiger partial charge is 0.481 e. The summed E-state index contributed by atoms with van der Waals surface area (Å²) in [6.07, 6.45) is 0.481. The van der Waals surface area contributed by atoms with Crippen molar-refractivity contribution in [3.05, 3.63) is 40.7 Å². The fraction of sp³-hybridized carbons (Fsp3) is 0.231. The number of halogens is 1. The minimum absolute atomic E-state index is 0.0683. The molecule has 1 aromatic carbocycles. The predicted octanol–water partition coefficient (Wildman–Crippen LogP) is 3.35. The topological polar surface area (TPSA) is 62.2 Å². The lowest BCUT2D eigenvalue weighted by Gasteiger charge is -2.04. The second kappa shape index (κ2) is 5.79. The van der Waals surface area contributed by atoms with Gasteiger partial charge in [-0.25, -0.2) is 9.37 Å². The van der Waals surface area contributed by atoms with E-state index in [4.69, 9.17) is 5.11 Å². The standard InChI is InChI=1S/C13H13FN2O2S/c1-8-6-9(2-4-11(8)14)15-13-16-10(7-19-13)3-5-12(17)18/h2,4,6-7H,3,5H2,1H3,(H,15,16)(H,17,18). The van der Waals surface area contributed by atoms with Gasteiger partial charge in [0.05, 0.1) is 12.1 Å². The highest BCUT2D eigenvalue weighted by Gasteiger charge is 2.06. The Hall–Kier alpha value is -1.95. The van der Waals surface area contributed by atoms with Crippen LogP contribution in [0.15, 0.2) is 23.6 Å². The summed E-state index contributed by atoms with van der Waals surface area (Å²) >= 11 is 1.40. The van der Waals surface area contributed by atoms with Crippen molar-refractivity contribution in [2.45, 2.75) is 19.8 Å². The van der Waals surface area contributed by atoms with Gasteiger partial charge in [0.25, 0.3) is 0 Å². The van der Waals surface area contributed by atoms with Crippen LogP contribution in [0.1, 0.15) is 17.7 Å². The average Bonchev–Trinajstić information content (AvgIpc) is 2.79. The van der Waals surface area contributed by atoms with E-state index in [1.807, 2.05) is 5.38 Å². The van der Waals surface area contributed by atoms with Gasteiger partial charge in [-0.1, -0.05) is 0 Å². The van der Waals surface area contributed by atoms with Crippen LogP contribution in [0, 0.1) is 12.7 Å². The van der Waals surface area contributed by atoms with Gasteiger partial charge in [0.1, 0.15) is 5.82 Å². The van der Waals surface area contributed by atoms with Crippen molar-refractivity contribution in [3.63, 3.8) is 0 Å². The third-order valence-corrected chi connectivity index (χ3v) is 3.36. The lowest BCUT2D eigenvalue weighted by molar-refractivity contribution is -0.136. The first-order chi connectivity index (χ1) is 9.04. The van der Waals surface area contributed by atoms with E-state index < -0.39 is 5.97 Å². The maximum absolute atomic E-state index is 13.1. The highest BCUT2D eigenvalue weighted by atomic mass is 32.1. The quantitative estimate of drug-likeness (QED) is 0.881. The number of carboxylic acid groups (broad SMARTS) is 1. The number of hydrogen-bond acceptors (Lipinski definition) is 4. The molecule has 2 rings (SSSR count). The van der Waals surface area contributed by atoms with E-state index in [0.717, 1.165) is 11.4 Å². The van der Waals surface area contributed by atoms with Gasteiger partial charge in [0.2, 0.25) is 0 Å². The Labute approximate surface area is 113 Å². The van der Waals surface area contributed by atoms with Crippen LogP contribution in [0.5, 0.6) is 0 Å². The number of aliphatic carboxylic acids is 1. The SMILES string of the molecule is Cc1cc(Nc2nc(CCC(=O)O)cs2)ccc1F. The molecule has 0 spiro atoms. The first-order valence-electron chi connectivity index (χ1n) is 5.74. The summed E-state index contributed by atoms with van der Waals surface area (Å²) in [6.45, 7) is 1.70. The summed E-state index contributed by atoms with van der Waals surface area (Å²) < 4.78 is 13.1. The number of hydrogen-bond donors (Lipinski definition) is 2. The van der Waals surface area contributed by atoms with Gasteiger partial charge >= 0.3 is 5.97 Å². The summed E-state index contributed by atoms with van der Waals surface area (Å²) in [6, 6.07) is 4.74. The lowest BCUT2D eigenvalue weighted by atomic mass is 10.2. The van der Waals surface area contributed by atoms with Crippen LogP contribution in [-0.4, -0.2) is 16.1 Å². The minimum Gasteiger partial charge on any atom is -0.481 e. The van der Waals surface area contributed by atoms with Gasteiger partial charge in [0.15, 0.2) is 5.13 Å². The van der Waals surface area contributed by atoms with E-state index in [-0.39, 0.29) is 12.2 Å². The van der Waals surface area contributed by atoms with E-state index in [1.165, 1.54) is 17.4 Å². The highest BCUT2D eigenvalue weighted by molar-refractivity contribution is 7.13. The molecule has 0 saturated heterocycles. The number of aromatic nitrogens is 1. The zero-order valence-corrected chi connectivity index (χ0v) is 11.1. The molecule has 100 valence electrons. The second-order valence-electron chi connectivity index (χ2n) is 4.13. The molecule has 0 atom stereocenters. The third-order valence-electron chi connectivity index (χ3n) is 2.56. The van der Waals surface area contributed by atoms with E-state index in [1.54, 1.807) is 19.1 Å². The Bertz CT molecular complexity index is 598. The second-order valence-corrected chi connectivity index (χ2v) is 4.98. The molecule has 0 saturated carbocycles. The molecule has 0 aliphatic rings. The number of nitrogens with zero attached hydrogens (tertiary/aromatic N) is 1. The zero-order chi connectivity index (χ0) is 13.8. The Kier molecular flexibility index (Phi) is 4.11. The molecule has 2 N–H and O–H groups in total. The fourth-order valence-corrected chi connectivity index (χ4v) is 2.33. The van der Waals surface area contributed by atoms with Crippen LogP contribution in [-0.2, 0) is 11.2 Å². The third kappa shape index (κ3) is 3.75. The number of rotatable bonds is 5. The van der Waals surface area contributed by atoms with Crippen LogP contribution in [0.2, 0.25) is 0 Å². The van der Waals surface area contributed by atoms with E-state index in [2.05, 4.69) is 10.3 Å². The summed E-state index contributed by atoms with van der Waals surface area (Å²) in [7, 11) is 0. The van der Waals surface area contributed by atoms with Gasteiger partial charge in [-0.2, -0.15) is 0 Å². The molecular formula is C13H13FN2O2S. The van der Waals surface area contributed by atoms with Gasteiger partial charge < -0.3 is 10.4 Å². The normalized spacial score (nSPS) is 10.4. The summed E-state index contributed by atoms with van der Waals surface area (Å²) in [5.41, 5.74) is 2.07. The van der Waals surface area contributed by atoms with Crippen LogP contribution in [0.3, 0.4) is 0 Å². The molecule has 0 bridgehead atoms. The lowest BCUT2D eigenvalue weighted by Crippen LogP contribution is -1.98. The number of carboxylic acids is 1. The van der Waals surface area contributed by atoms with Crippen LogP contribution in [0.25, 0.3) is 0 Å². The molecule has 0 aliphatic carbocycles. The van der Waals surface area contributed by atoms with Gasteiger partial charge in [-0.15, -0.1) is 11.3 Å². The highest BCUT2D eigenvalue weighted by Crippen LogP contribution is 2.23. The van der Waals surface area contributed by atoms with Crippen molar-refractivity contribution in [1.29, 1.82) is 0 Å². The summed E-state index contributed by atoms with van der Waals surface area (Å²) in [5, 5.41) is 14.2. The first kappa shape index (κ1) is 13.5. The molecule has 0 fully saturated rings. The number of nitrogens with one attached hydrogen (secondary N) is 1. The molecular weight excluding hydrogens is 267 g/mol. The van der Waals surface area contributed by atoms with Gasteiger partial charge in [-0.05, 0) is 30.7 Å². The summed E-state index contributed by atoms with van der Waals surface area (Å²) in [5.74, 6) is -1.08. The van der Waals surface area contributed by atoms with Crippen LogP contribution < -0.4 is 5.32 Å². The number of thiazole rings is 1. The smallest absolute Gasteiger partial charge is 0.303 e. The Morgan fingerprint density at radius 2 is 2.32 bits per heavy atom. The van der Waals surface area contributed by atoms with E-state index in [9.17, 15) is 9.18 Å². The molecule has 6 heteroatoms. The average molecular weight is 280 g/mol. The van der Waals surface area contributed by atoms with Gasteiger partial charge in [0, 0.05) is 17.5 Å². The predicted molar refractivity (Wildman–Crippen MR) is 72.5 cm³/mol. The van der Waals surface area contributed by atoms with E-state index >= 15 is 0 Å². The molecule has 0 amide bonds. The monoisotopic (exact) mass is 280 g/mol. The van der Waals surface area contributed by atoms with Crippen LogP contribution in [0.4, 0.5) is 15.2 Å². The zero-order valence-electron chi connectivity index (χ0n) is 10.3. The number of anilines is 2. The molecule has 0 radical (unpaired) electrons. The molecule has 1 aromatic heterocycles. The maximum Gasteiger partial charge on any atom is 0.303 e. The molecule has 2 aromatic rings. The Balaban J connectivity index is 2.02. The first-order valence-corrected chi connectivity index (χ1v) is 6.62. The number of benzene rings is 1. The molecule has 4 nitrogen and oxygen atoms in total. The minimum atomic E-state index is -0.836. The van der Waals surface area contributed by atoms with Crippen molar-refractivity contribution in [3.8, 4) is 0 Å². The molecule has 0 unspecified atom stereocenters. The molecule has 1 heterocycles. The number of aryl methyl sites for hydroxylation is 2. The Morgan fingerprint density at radius 1 is 1.53 bits per heavy atom. The van der Waals surface area contributed by atoms with Crippen molar-refractivity contribution in [2.24, 2.45) is 0 Å². The van der Waals surface area contributed by atoms with Gasteiger partial charge in [-0.3, -0.25) is 4.79 Å². The van der Waals surface area contributed by atoms with Crippen LogP contribution >= 0.6 is 11.3 Å². The van der Waals surface area contributed by atoms with Crippen molar-refractivity contribution >= 4 is 28.1 Å². The maximum atomic E-state index is 13.1. The van der Waals surface area contributed by atoms with Crippen molar-refractivity contribution < 1.29 is 14.3 Å². The van der Waals surface area contributed by atoms with Crippen molar-refractivity contribution in [2.75, 3.05) is 5.32 Å². The molecule has 19 heavy (non-hydrogen) atoms. The fourth-order valence-electron chi connectivity index (χ4n) is 1.56. The Morgan fingerprint density at radius 3 is 3.00 bits per heavy atom. The number of carbonyl (C=O) groups is 1. The molecule has 0 aliphatic heterocycles. The van der Waals surface area contributed by atoms with E-state index in [0.29, 0.717) is 17.1 Å². The summed E-state index contributed by atoms with van der Waals surface area (Å²) in [4.78, 5) is 14.7.